The predicted octanol–water partition coefficient (Wildman–Crippen LogP) is 0.535. The molecule has 5 N–H and O–H groups in total. The molecule has 0 unspecified atom stereocenters. The second kappa shape index (κ2) is 8.75. The summed E-state index contributed by atoms with van der Waals surface area (Å²) in [5.41, 5.74) is 5.24. The monoisotopic (exact) mass is 429 g/mol. The van der Waals surface area contributed by atoms with Crippen molar-refractivity contribution in [1.29, 1.82) is 0 Å². The number of nitrogens with two attached hydrogens (primary N) is 1. The van der Waals surface area contributed by atoms with Crippen molar-refractivity contribution in [3.8, 4) is 0 Å². The van der Waals surface area contributed by atoms with Gasteiger partial charge in [0.2, 0.25) is 5.95 Å². The molecule has 10 nitrogen and oxygen atoms in total. The molecule has 3 aromatic rings. The molecule has 0 amide bonds. The Morgan fingerprint density at radius 1 is 1.35 bits per heavy atom. The summed E-state index contributed by atoms with van der Waals surface area (Å²) in [5, 5.41) is 20.9. The number of fused-ring (bicyclic) bond motifs is 1. The fourth-order valence-corrected chi connectivity index (χ4v) is 4.10. The van der Waals surface area contributed by atoms with E-state index < -0.39 is 36.2 Å². The first kappa shape index (κ1) is 21.4. The van der Waals surface area contributed by atoms with E-state index in [0.29, 0.717) is 6.61 Å². The number of hydrogen-bond acceptors (Lipinski definition) is 8. The first-order valence-corrected chi connectivity index (χ1v) is 10.4. The van der Waals surface area contributed by atoms with Crippen molar-refractivity contribution in [1.82, 2.24) is 19.5 Å². The topological polar surface area (TPSA) is 149 Å². The maximum atomic E-state index is 12.4. The van der Waals surface area contributed by atoms with E-state index in [1.165, 1.54) is 6.33 Å². The molecule has 1 fully saturated rings. The first-order chi connectivity index (χ1) is 15.0. The molecular formula is C21H27N5O5. The van der Waals surface area contributed by atoms with Crippen LogP contribution < -0.4 is 11.3 Å². The Morgan fingerprint density at radius 3 is 2.84 bits per heavy atom. The van der Waals surface area contributed by atoms with Gasteiger partial charge in [-0.15, -0.1) is 0 Å². The van der Waals surface area contributed by atoms with Crippen LogP contribution in [0.15, 0.2) is 41.5 Å². The number of unbranched alkanes of at least 4 members (excludes halogenated alkanes) is 1. The van der Waals surface area contributed by atoms with Crippen molar-refractivity contribution >= 4 is 17.1 Å². The Hall–Kier alpha value is -2.79. The highest BCUT2D eigenvalue weighted by atomic mass is 16.6. The van der Waals surface area contributed by atoms with Crippen LogP contribution in [0.3, 0.4) is 0 Å². The lowest BCUT2D eigenvalue weighted by atomic mass is 9.94. The van der Waals surface area contributed by atoms with Gasteiger partial charge in [0.05, 0.1) is 12.9 Å². The van der Waals surface area contributed by atoms with Crippen LogP contribution in [0.1, 0.15) is 25.3 Å². The van der Waals surface area contributed by atoms with E-state index in [1.807, 2.05) is 37.3 Å². The summed E-state index contributed by atoms with van der Waals surface area (Å²) in [7, 11) is 0. The number of rotatable bonds is 8. The molecule has 4 atom stereocenters. The number of imidazole rings is 1. The van der Waals surface area contributed by atoms with Gasteiger partial charge in [0.25, 0.3) is 5.56 Å². The van der Waals surface area contributed by atoms with Gasteiger partial charge in [-0.3, -0.25) is 14.3 Å². The summed E-state index contributed by atoms with van der Waals surface area (Å²) in [4.78, 5) is 23.3. The molecule has 10 heteroatoms. The Morgan fingerprint density at radius 2 is 2.13 bits per heavy atom. The fourth-order valence-electron chi connectivity index (χ4n) is 4.10. The lowest BCUT2D eigenvalue weighted by molar-refractivity contribution is -0.160. The maximum Gasteiger partial charge on any atom is 0.280 e. The quantitative estimate of drug-likeness (QED) is 0.379. The van der Waals surface area contributed by atoms with Crippen molar-refractivity contribution in [2.45, 2.75) is 50.2 Å². The number of nitrogen functional groups attached to an aromatic ring is 1. The van der Waals surface area contributed by atoms with E-state index in [4.69, 9.17) is 15.2 Å². The van der Waals surface area contributed by atoms with Crippen LogP contribution in [0.2, 0.25) is 0 Å². The highest BCUT2D eigenvalue weighted by Gasteiger charge is 2.57. The summed E-state index contributed by atoms with van der Waals surface area (Å²) in [5.74, 6) is -0.0604. The zero-order valence-electron chi connectivity index (χ0n) is 17.3. The van der Waals surface area contributed by atoms with Gasteiger partial charge < -0.3 is 25.4 Å². The first-order valence-electron chi connectivity index (χ1n) is 10.4. The summed E-state index contributed by atoms with van der Waals surface area (Å²) in [6.45, 7) is 2.05. The van der Waals surface area contributed by atoms with Crippen LogP contribution in [-0.4, -0.2) is 61.3 Å². The number of anilines is 1. The molecule has 1 aromatic carbocycles. The van der Waals surface area contributed by atoms with Crippen LogP contribution >= 0.6 is 0 Å². The molecule has 3 heterocycles. The SMILES string of the molecule is CCCCO[C@@H]1[C@H](O)[C@@H](CO)O[C@@]1(Cc1ccccc1)n1cnc2c(=O)[nH]c(N)nc21. The highest BCUT2D eigenvalue weighted by Crippen LogP contribution is 2.41. The second-order valence-electron chi connectivity index (χ2n) is 7.72. The minimum Gasteiger partial charge on any atom is -0.394 e. The third-order valence-electron chi connectivity index (χ3n) is 5.60. The molecule has 1 aliphatic rings. The number of aliphatic hydroxyl groups excluding tert-OH is 2. The third-order valence-corrected chi connectivity index (χ3v) is 5.60. The Labute approximate surface area is 178 Å². The smallest absolute Gasteiger partial charge is 0.280 e. The summed E-state index contributed by atoms with van der Waals surface area (Å²) < 4.78 is 14.0. The molecule has 0 saturated carbocycles. The molecule has 1 aliphatic heterocycles. The van der Waals surface area contributed by atoms with Crippen molar-refractivity contribution in [3.05, 3.63) is 52.6 Å². The second-order valence-corrected chi connectivity index (χ2v) is 7.72. The molecule has 31 heavy (non-hydrogen) atoms. The molecule has 4 rings (SSSR count). The maximum absolute atomic E-state index is 12.4. The minimum absolute atomic E-state index is 0.0604. The Bertz CT molecular complexity index is 1080. The van der Waals surface area contributed by atoms with Gasteiger partial charge in [-0.25, -0.2) is 4.98 Å². The molecule has 1 saturated heterocycles. The predicted molar refractivity (Wildman–Crippen MR) is 113 cm³/mol. The number of hydrogen-bond donors (Lipinski definition) is 4. The van der Waals surface area contributed by atoms with Gasteiger partial charge >= 0.3 is 0 Å². The lowest BCUT2D eigenvalue weighted by Crippen LogP contribution is -2.49. The van der Waals surface area contributed by atoms with Crippen molar-refractivity contribution in [2.24, 2.45) is 0 Å². The molecule has 0 radical (unpaired) electrons. The summed E-state index contributed by atoms with van der Waals surface area (Å²) in [6, 6.07) is 9.57. The molecule has 0 bridgehead atoms. The number of H-pyrrole nitrogens is 1. The highest BCUT2D eigenvalue weighted by molar-refractivity contribution is 5.71. The van der Waals surface area contributed by atoms with Gasteiger partial charge in [0.15, 0.2) is 16.9 Å². The van der Waals surface area contributed by atoms with Crippen LogP contribution in [0.25, 0.3) is 11.2 Å². The van der Waals surface area contributed by atoms with Crippen molar-refractivity contribution < 1.29 is 19.7 Å². The number of nitrogens with zero attached hydrogens (tertiary/aromatic N) is 3. The number of benzene rings is 1. The zero-order chi connectivity index (χ0) is 22.0. The van der Waals surface area contributed by atoms with Crippen LogP contribution in [0.5, 0.6) is 0 Å². The van der Waals surface area contributed by atoms with E-state index in [1.54, 1.807) is 4.57 Å². The summed E-state index contributed by atoms with van der Waals surface area (Å²) in [6.07, 6.45) is 0.630. The van der Waals surface area contributed by atoms with Crippen molar-refractivity contribution in [3.63, 3.8) is 0 Å². The largest absolute Gasteiger partial charge is 0.394 e. The normalized spacial score (nSPS) is 26.0. The molecule has 2 aromatic heterocycles. The fraction of sp³-hybridized carbons (Fsp3) is 0.476. The number of aromatic nitrogens is 4. The minimum atomic E-state index is -1.30. The average Bonchev–Trinajstić information content (AvgIpc) is 3.30. The van der Waals surface area contributed by atoms with Crippen LogP contribution in [0.4, 0.5) is 5.95 Å². The number of nitrogens with one attached hydrogen (secondary N) is 1. The molecule has 0 aliphatic carbocycles. The number of ether oxygens (including phenoxy) is 2. The van der Waals surface area contributed by atoms with E-state index >= 15 is 0 Å². The third kappa shape index (κ3) is 3.83. The van der Waals surface area contributed by atoms with E-state index in [9.17, 15) is 15.0 Å². The number of aliphatic hydroxyl groups is 2. The van der Waals surface area contributed by atoms with Crippen LogP contribution in [0, 0.1) is 0 Å². The van der Waals surface area contributed by atoms with Gasteiger partial charge in [-0.05, 0) is 12.0 Å². The molecular weight excluding hydrogens is 402 g/mol. The summed E-state index contributed by atoms with van der Waals surface area (Å²) >= 11 is 0. The standard InChI is InChI=1S/C21H27N5O5/c1-2-3-9-30-17-16(28)14(11-27)31-21(17,10-13-7-5-4-6-8-13)26-12-23-15-18(26)24-20(22)25-19(15)29/h4-8,12,14,16-17,27-28H,2-3,9-11H2,1H3,(H3,22,24,25,29)/t14-,16-,17-,21-/m1/s1. The van der Waals surface area contributed by atoms with Gasteiger partial charge in [-0.2, -0.15) is 4.98 Å². The average molecular weight is 429 g/mol. The van der Waals surface area contributed by atoms with Gasteiger partial charge in [-0.1, -0.05) is 43.7 Å². The molecule has 166 valence electrons. The van der Waals surface area contributed by atoms with Gasteiger partial charge in [0.1, 0.15) is 18.3 Å². The Balaban J connectivity index is 1.90. The Kier molecular flexibility index (Phi) is 6.05. The van der Waals surface area contributed by atoms with E-state index in [-0.39, 0.29) is 23.5 Å². The van der Waals surface area contributed by atoms with Crippen LogP contribution in [-0.2, 0) is 21.6 Å². The van der Waals surface area contributed by atoms with E-state index in [2.05, 4.69) is 15.0 Å². The van der Waals surface area contributed by atoms with Gasteiger partial charge in [0, 0.05) is 13.0 Å². The zero-order valence-corrected chi connectivity index (χ0v) is 17.3. The number of aromatic amines is 1. The van der Waals surface area contributed by atoms with Crippen molar-refractivity contribution in [2.75, 3.05) is 18.9 Å². The molecule has 0 spiro atoms. The lowest BCUT2D eigenvalue weighted by Gasteiger charge is -2.36. The van der Waals surface area contributed by atoms with E-state index in [0.717, 1.165) is 18.4 Å².